The number of hydrogen-bond acceptors (Lipinski definition) is 3. The molecule has 0 bridgehead atoms. The third-order valence-electron chi connectivity index (χ3n) is 2.75. The van der Waals surface area contributed by atoms with Crippen LogP contribution in [0, 0.1) is 5.41 Å². The number of pyridine rings is 1. The molecule has 1 aromatic heterocycles. The first-order chi connectivity index (χ1) is 7.50. The monoisotopic (exact) mass is 306 g/mol. The lowest BCUT2D eigenvalue weighted by Gasteiger charge is -2.26. The highest BCUT2D eigenvalue weighted by Gasteiger charge is 2.20. The molecule has 90 valence electrons. The number of hydrogen-bond donors (Lipinski definition) is 2. The summed E-state index contributed by atoms with van der Waals surface area (Å²) in [5.41, 5.74) is 0.788. The van der Waals surface area contributed by atoms with Gasteiger partial charge in [0.15, 0.2) is 0 Å². The second-order valence-corrected chi connectivity index (χ2v) is 5.38. The molecule has 0 radical (unpaired) electrons. The van der Waals surface area contributed by atoms with Crippen molar-refractivity contribution < 1.29 is 5.11 Å². The molecular weight excluding hydrogens is 291 g/mol. The van der Waals surface area contributed by atoms with E-state index in [9.17, 15) is 5.11 Å². The molecule has 3 nitrogen and oxygen atoms in total. The highest BCUT2D eigenvalue weighted by molar-refractivity contribution is 9.10. The van der Waals surface area contributed by atoms with Crippen molar-refractivity contribution in [3.63, 3.8) is 0 Å². The molecule has 0 aromatic carbocycles. The van der Waals surface area contributed by atoms with Crippen LogP contribution in [0.25, 0.3) is 0 Å². The van der Waals surface area contributed by atoms with Gasteiger partial charge in [-0.3, -0.25) is 0 Å². The van der Waals surface area contributed by atoms with Crippen molar-refractivity contribution in [3.8, 4) is 0 Å². The van der Waals surface area contributed by atoms with Gasteiger partial charge in [-0.1, -0.05) is 25.4 Å². The number of aromatic nitrogens is 1. The number of aliphatic hydroxyl groups excluding tert-OH is 1. The van der Waals surface area contributed by atoms with Gasteiger partial charge >= 0.3 is 0 Å². The van der Waals surface area contributed by atoms with Gasteiger partial charge in [0, 0.05) is 12.0 Å². The fourth-order valence-electron chi connectivity index (χ4n) is 1.13. The molecular formula is C11H16BrClN2O. The average molecular weight is 308 g/mol. The molecule has 1 unspecified atom stereocenters. The van der Waals surface area contributed by atoms with Crippen molar-refractivity contribution in [3.05, 3.63) is 21.9 Å². The first-order valence-corrected chi connectivity index (χ1v) is 6.33. The Kier molecular flexibility index (Phi) is 5.02. The van der Waals surface area contributed by atoms with Gasteiger partial charge in [0.05, 0.1) is 23.0 Å². The Bertz CT molecular complexity index is 356. The van der Waals surface area contributed by atoms with Crippen LogP contribution in [-0.2, 0) is 0 Å². The minimum atomic E-state index is -0.105. The Morgan fingerprint density at radius 1 is 1.62 bits per heavy atom. The molecule has 1 atom stereocenters. The van der Waals surface area contributed by atoms with Crippen LogP contribution in [0.5, 0.6) is 0 Å². The number of nitrogens with zero attached hydrogens (tertiary/aromatic N) is 1. The van der Waals surface area contributed by atoms with Crippen LogP contribution in [0.15, 0.2) is 16.7 Å². The van der Waals surface area contributed by atoms with Crippen molar-refractivity contribution >= 4 is 33.2 Å². The van der Waals surface area contributed by atoms with Crippen LogP contribution in [0.2, 0.25) is 5.15 Å². The van der Waals surface area contributed by atoms with Crippen molar-refractivity contribution in [2.75, 3.05) is 18.5 Å². The maximum Gasteiger partial charge on any atom is 0.143 e. The second-order valence-electron chi connectivity index (χ2n) is 4.17. The van der Waals surface area contributed by atoms with Gasteiger partial charge in [-0.2, -0.15) is 0 Å². The summed E-state index contributed by atoms with van der Waals surface area (Å²) in [6.45, 7) is 4.97. The standard InChI is InChI=1S/C11H16BrClN2O/c1-3-11(2,7-16)6-15-8-4-9(12)10(13)14-5-8/h4-5,15-16H,3,6-7H2,1-2H3. The van der Waals surface area contributed by atoms with Crippen LogP contribution in [0.1, 0.15) is 20.3 Å². The van der Waals surface area contributed by atoms with Crippen molar-refractivity contribution in [2.45, 2.75) is 20.3 Å². The number of anilines is 1. The smallest absolute Gasteiger partial charge is 0.143 e. The Balaban J connectivity index is 2.64. The van der Waals surface area contributed by atoms with E-state index in [0.717, 1.165) is 16.6 Å². The second kappa shape index (κ2) is 5.84. The predicted molar refractivity (Wildman–Crippen MR) is 70.9 cm³/mol. The lowest BCUT2D eigenvalue weighted by atomic mass is 9.88. The molecule has 0 aliphatic rings. The lowest BCUT2D eigenvalue weighted by molar-refractivity contribution is 0.149. The molecule has 5 heteroatoms. The Hall–Kier alpha value is -0.320. The van der Waals surface area contributed by atoms with E-state index >= 15 is 0 Å². The topological polar surface area (TPSA) is 45.1 Å². The van der Waals surface area contributed by atoms with E-state index in [0.29, 0.717) is 11.7 Å². The first-order valence-electron chi connectivity index (χ1n) is 5.16. The molecule has 0 spiro atoms. The zero-order chi connectivity index (χ0) is 12.2. The summed E-state index contributed by atoms with van der Waals surface area (Å²) in [7, 11) is 0. The Morgan fingerprint density at radius 3 is 2.81 bits per heavy atom. The first kappa shape index (κ1) is 13.7. The molecule has 1 aromatic rings. The van der Waals surface area contributed by atoms with Gasteiger partial charge in [-0.05, 0) is 28.4 Å². The average Bonchev–Trinajstić information content (AvgIpc) is 2.30. The summed E-state index contributed by atoms with van der Waals surface area (Å²) in [4.78, 5) is 4.02. The van der Waals surface area contributed by atoms with Crippen LogP contribution in [0.3, 0.4) is 0 Å². The van der Waals surface area contributed by atoms with Gasteiger partial charge in [0.1, 0.15) is 5.15 Å². The Labute approximate surface area is 109 Å². The number of rotatable bonds is 5. The molecule has 0 aliphatic heterocycles. The fourth-order valence-corrected chi connectivity index (χ4v) is 1.58. The van der Waals surface area contributed by atoms with E-state index in [1.54, 1.807) is 6.20 Å². The molecule has 0 fully saturated rings. The minimum Gasteiger partial charge on any atom is -0.396 e. The SMILES string of the molecule is CCC(C)(CO)CNc1cnc(Cl)c(Br)c1. The van der Waals surface area contributed by atoms with Gasteiger partial charge in [-0.15, -0.1) is 0 Å². The molecule has 0 saturated heterocycles. The third-order valence-corrected chi connectivity index (χ3v) is 3.88. The molecule has 0 aliphatic carbocycles. The summed E-state index contributed by atoms with van der Waals surface area (Å²) in [5, 5.41) is 13.0. The van der Waals surface area contributed by atoms with Gasteiger partial charge in [0.2, 0.25) is 0 Å². The van der Waals surface area contributed by atoms with E-state index < -0.39 is 0 Å². The van der Waals surface area contributed by atoms with Crippen LogP contribution in [0.4, 0.5) is 5.69 Å². The van der Waals surface area contributed by atoms with E-state index in [-0.39, 0.29) is 12.0 Å². The van der Waals surface area contributed by atoms with Crippen LogP contribution in [-0.4, -0.2) is 23.2 Å². The van der Waals surface area contributed by atoms with Gasteiger partial charge in [0.25, 0.3) is 0 Å². The van der Waals surface area contributed by atoms with Gasteiger partial charge < -0.3 is 10.4 Å². The number of nitrogens with one attached hydrogen (secondary N) is 1. The fraction of sp³-hybridized carbons (Fsp3) is 0.545. The van der Waals surface area contributed by atoms with Gasteiger partial charge in [-0.25, -0.2) is 4.98 Å². The summed E-state index contributed by atoms with van der Waals surface area (Å²) in [5.74, 6) is 0. The van der Waals surface area contributed by atoms with E-state index in [2.05, 4.69) is 33.2 Å². The zero-order valence-electron chi connectivity index (χ0n) is 9.43. The molecule has 1 rings (SSSR count). The quantitative estimate of drug-likeness (QED) is 0.820. The predicted octanol–water partition coefficient (Wildman–Crippen LogP) is 3.32. The number of halogens is 2. The zero-order valence-corrected chi connectivity index (χ0v) is 11.8. The lowest BCUT2D eigenvalue weighted by Crippen LogP contribution is -2.29. The van der Waals surface area contributed by atoms with E-state index in [1.807, 2.05) is 13.0 Å². The van der Waals surface area contributed by atoms with E-state index in [4.69, 9.17) is 11.6 Å². The maximum absolute atomic E-state index is 9.28. The van der Waals surface area contributed by atoms with Crippen molar-refractivity contribution in [2.24, 2.45) is 5.41 Å². The van der Waals surface area contributed by atoms with Crippen molar-refractivity contribution in [1.82, 2.24) is 4.98 Å². The summed E-state index contributed by atoms with van der Waals surface area (Å²) >= 11 is 9.12. The summed E-state index contributed by atoms with van der Waals surface area (Å²) < 4.78 is 0.765. The van der Waals surface area contributed by atoms with Crippen molar-refractivity contribution in [1.29, 1.82) is 0 Å². The molecule has 1 heterocycles. The van der Waals surface area contributed by atoms with E-state index in [1.165, 1.54) is 0 Å². The molecule has 16 heavy (non-hydrogen) atoms. The minimum absolute atomic E-state index is 0.105. The maximum atomic E-state index is 9.28. The largest absolute Gasteiger partial charge is 0.396 e. The summed E-state index contributed by atoms with van der Waals surface area (Å²) in [6, 6.07) is 1.88. The normalized spacial score (nSPS) is 14.6. The number of aliphatic hydroxyl groups is 1. The summed E-state index contributed by atoms with van der Waals surface area (Å²) in [6.07, 6.45) is 2.60. The Morgan fingerprint density at radius 2 is 2.31 bits per heavy atom. The highest BCUT2D eigenvalue weighted by Crippen LogP contribution is 2.25. The molecule has 2 N–H and O–H groups in total. The molecule has 0 amide bonds. The van der Waals surface area contributed by atoms with Crippen LogP contribution < -0.4 is 5.32 Å². The third kappa shape index (κ3) is 3.61. The molecule has 0 saturated carbocycles. The van der Waals surface area contributed by atoms with Crippen LogP contribution >= 0.6 is 27.5 Å². The highest BCUT2D eigenvalue weighted by atomic mass is 79.9.